The van der Waals surface area contributed by atoms with E-state index in [2.05, 4.69) is 26.1 Å². The molecular formula is C11H22LiNO-2. The molecule has 80 valence electrons. The van der Waals surface area contributed by atoms with Gasteiger partial charge in [-0.05, 0) is 12.6 Å². The number of carbonyl (C=O) groups excluding carboxylic acids is 1. The molecule has 0 aliphatic carbocycles. The normalized spacial score (nSPS) is 8.64. The van der Waals surface area contributed by atoms with E-state index in [9.17, 15) is 4.79 Å². The molecule has 0 unspecified atom stereocenters. The topological polar surface area (TPSA) is 29.1 Å². The van der Waals surface area contributed by atoms with Crippen LogP contribution < -0.4 is 24.2 Å². The van der Waals surface area contributed by atoms with Crippen LogP contribution in [0.1, 0.15) is 39.5 Å². The van der Waals surface area contributed by atoms with Gasteiger partial charge in [0, 0.05) is 0 Å². The van der Waals surface area contributed by atoms with Gasteiger partial charge in [0.1, 0.15) is 0 Å². The summed E-state index contributed by atoms with van der Waals surface area (Å²) in [6.07, 6.45) is 5.15. The summed E-state index contributed by atoms with van der Waals surface area (Å²) in [4.78, 5) is 9.28. The molecule has 3 heteroatoms. The first-order chi connectivity index (χ1) is 6.26. The number of unbranched alkanes of at least 4 members (excludes halogenated alkanes) is 1. The van der Waals surface area contributed by atoms with Gasteiger partial charge in [-0.1, -0.05) is 20.3 Å². The summed E-state index contributed by atoms with van der Waals surface area (Å²) < 4.78 is 0. The molecule has 0 aliphatic heterocycles. The molecule has 0 atom stereocenters. The molecule has 0 aromatic carbocycles. The van der Waals surface area contributed by atoms with Gasteiger partial charge in [-0.25, -0.2) is 0 Å². The Bertz CT molecular complexity index is 95.3. The van der Waals surface area contributed by atoms with Gasteiger partial charge in [-0.15, -0.1) is 0 Å². The predicted octanol–water partition coefficient (Wildman–Crippen LogP) is -0.687. The molecule has 0 saturated carbocycles. The summed E-state index contributed by atoms with van der Waals surface area (Å²) in [5, 5.41) is 3.26. The van der Waals surface area contributed by atoms with Crippen molar-refractivity contribution in [1.82, 2.24) is 5.32 Å². The Labute approximate surface area is 101 Å². The molecule has 2 nitrogen and oxygen atoms in total. The van der Waals surface area contributed by atoms with Crippen LogP contribution in [0.25, 0.3) is 0 Å². The van der Waals surface area contributed by atoms with Crippen LogP contribution in [0.3, 0.4) is 0 Å². The van der Waals surface area contributed by atoms with Crippen LogP contribution in [-0.4, -0.2) is 18.9 Å². The van der Waals surface area contributed by atoms with E-state index < -0.39 is 0 Å². The number of hydrogen-bond acceptors (Lipinski definition) is 2. The summed E-state index contributed by atoms with van der Waals surface area (Å²) in [5.41, 5.74) is 0. The average Bonchev–Trinajstić information content (AvgIpc) is 2.16. The van der Waals surface area contributed by atoms with Crippen molar-refractivity contribution >= 4 is 6.29 Å². The smallest absolute Gasteiger partial charge is 0.542 e. The zero-order chi connectivity index (χ0) is 10.5. The van der Waals surface area contributed by atoms with Crippen molar-refractivity contribution < 1.29 is 23.7 Å². The zero-order valence-electron chi connectivity index (χ0n) is 9.94. The van der Waals surface area contributed by atoms with E-state index >= 15 is 0 Å². The fourth-order valence-corrected chi connectivity index (χ4v) is 0.739. The molecule has 0 heterocycles. The van der Waals surface area contributed by atoms with Crippen LogP contribution in [0.2, 0.25) is 0 Å². The fourth-order valence-electron chi connectivity index (χ4n) is 0.739. The van der Waals surface area contributed by atoms with Gasteiger partial charge in [-0.2, -0.15) is 19.3 Å². The monoisotopic (exact) mass is 191 g/mol. The largest absolute Gasteiger partial charge is 1.00 e. The number of hydrogen-bond donors (Lipinski definition) is 1. The van der Waals surface area contributed by atoms with E-state index in [0.717, 1.165) is 25.8 Å². The van der Waals surface area contributed by atoms with Gasteiger partial charge in [0.25, 0.3) is 0 Å². The quantitative estimate of drug-likeness (QED) is 0.445. The molecule has 0 fully saturated rings. The molecule has 0 aromatic heterocycles. The van der Waals surface area contributed by atoms with Crippen molar-refractivity contribution in [2.45, 2.75) is 45.6 Å². The van der Waals surface area contributed by atoms with Gasteiger partial charge in [-0.3, -0.25) is 6.29 Å². The molecule has 0 saturated heterocycles. The maximum Gasteiger partial charge on any atom is 1.00 e. The fraction of sp³-hybridized carbons (Fsp3) is 0.727. The van der Waals surface area contributed by atoms with Crippen LogP contribution in [0, 0.1) is 13.8 Å². The molecule has 0 aromatic rings. The first-order valence-corrected chi connectivity index (χ1v) is 4.93. The van der Waals surface area contributed by atoms with Crippen LogP contribution in [-0.2, 0) is 4.79 Å². The second-order valence-corrected chi connectivity index (χ2v) is 2.73. The molecule has 0 spiro atoms. The minimum Gasteiger partial charge on any atom is -0.542 e. The molecule has 14 heavy (non-hydrogen) atoms. The second-order valence-electron chi connectivity index (χ2n) is 2.73. The molecule has 0 amide bonds. The number of rotatable bonds is 6. The molecule has 0 rings (SSSR count). The third kappa shape index (κ3) is 18.1. The van der Waals surface area contributed by atoms with Crippen LogP contribution in [0.5, 0.6) is 0 Å². The zero-order valence-corrected chi connectivity index (χ0v) is 9.94. The van der Waals surface area contributed by atoms with Crippen molar-refractivity contribution in [2.24, 2.45) is 0 Å². The van der Waals surface area contributed by atoms with E-state index in [0.29, 0.717) is 12.5 Å². The van der Waals surface area contributed by atoms with Crippen molar-refractivity contribution in [1.29, 1.82) is 0 Å². The summed E-state index contributed by atoms with van der Waals surface area (Å²) in [5.74, 6) is 0. The molecule has 1 N–H and O–H groups in total. The predicted molar refractivity (Wildman–Crippen MR) is 58.0 cm³/mol. The van der Waals surface area contributed by atoms with E-state index in [1.54, 1.807) is 6.29 Å². The van der Waals surface area contributed by atoms with Crippen molar-refractivity contribution in [3.05, 3.63) is 13.8 Å². The first kappa shape index (κ1) is 19.7. The Morgan fingerprint density at radius 1 is 1.29 bits per heavy atom. The van der Waals surface area contributed by atoms with E-state index in [1.807, 2.05) is 6.92 Å². The van der Waals surface area contributed by atoms with Crippen molar-refractivity contribution in [3.8, 4) is 0 Å². The summed E-state index contributed by atoms with van der Waals surface area (Å²) in [6.45, 7) is 12.6. The van der Waals surface area contributed by atoms with Gasteiger partial charge in [0.05, 0.1) is 0 Å². The van der Waals surface area contributed by atoms with Gasteiger partial charge in [0.15, 0.2) is 0 Å². The minimum atomic E-state index is 0. The van der Waals surface area contributed by atoms with Crippen molar-refractivity contribution in [3.63, 3.8) is 0 Å². The summed E-state index contributed by atoms with van der Waals surface area (Å²) >= 11 is 0. The SMILES string of the molecule is CCC[C-]=O.[CH2-]CC(C[CH2-])NCC.[Li+]. The average molecular weight is 191 g/mol. The van der Waals surface area contributed by atoms with E-state index in [1.165, 1.54) is 0 Å². The second kappa shape index (κ2) is 18.9. The Morgan fingerprint density at radius 2 is 1.79 bits per heavy atom. The van der Waals surface area contributed by atoms with Gasteiger partial charge in [0.2, 0.25) is 0 Å². The van der Waals surface area contributed by atoms with E-state index in [-0.39, 0.29) is 18.9 Å². The van der Waals surface area contributed by atoms with Crippen molar-refractivity contribution in [2.75, 3.05) is 6.54 Å². The molecule has 0 bridgehead atoms. The van der Waals surface area contributed by atoms with Crippen LogP contribution >= 0.6 is 0 Å². The standard InChI is InChI=1S/C7H15N.C4H7O.Li/c1-4-7(5-2)8-6-3;1-2-3-4-5;/h7-8H,1-2,4-6H2,3H3;2-3H2,1H3;/q-2;-1;+1. The number of nitrogens with one attached hydrogen (secondary N) is 1. The Hall–Kier alpha value is 0.227. The Balaban J connectivity index is -0.000000177. The van der Waals surface area contributed by atoms with E-state index in [4.69, 9.17) is 0 Å². The van der Waals surface area contributed by atoms with Gasteiger partial charge >= 0.3 is 18.9 Å². The third-order valence-corrected chi connectivity index (χ3v) is 1.54. The Morgan fingerprint density at radius 3 is 1.86 bits per heavy atom. The molecule has 0 aliphatic rings. The summed E-state index contributed by atoms with van der Waals surface area (Å²) in [6, 6.07) is 0.528. The van der Waals surface area contributed by atoms with Crippen LogP contribution in [0.15, 0.2) is 0 Å². The first-order valence-electron chi connectivity index (χ1n) is 4.93. The molecule has 0 radical (unpaired) electrons. The maximum absolute atomic E-state index is 9.28. The Kier molecular flexibility index (Phi) is 26.7. The van der Waals surface area contributed by atoms with Gasteiger partial charge < -0.3 is 24.0 Å². The molecular weight excluding hydrogens is 169 g/mol. The third-order valence-electron chi connectivity index (χ3n) is 1.54. The maximum atomic E-state index is 9.28. The van der Waals surface area contributed by atoms with Crippen LogP contribution in [0.4, 0.5) is 0 Å². The minimum absolute atomic E-state index is 0. The summed E-state index contributed by atoms with van der Waals surface area (Å²) in [7, 11) is 0.